The third-order valence-electron chi connectivity index (χ3n) is 4.24. The number of aryl methyl sites for hydroxylation is 1. The van der Waals surface area contributed by atoms with Crippen LogP contribution in [0, 0.1) is 11.3 Å². The average Bonchev–Trinajstić information content (AvgIpc) is 2.65. The molecule has 0 heterocycles. The largest absolute Gasteiger partial charge is 0.326 e. The van der Waals surface area contributed by atoms with Crippen LogP contribution in [0.3, 0.4) is 0 Å². The number of hydrogen-bond acceptors (Lipinski definition) is 3. The zero-order valence-electron chi connectivity index (χ0n) is 15.0. The van der Waals surface area contributed by atoms with Gasteiger partial charge in [0.25, 0.3) is 0 Å². The van der Waals surface area contributed by atoms with E-state index in [0.717, 1.165) is 30.9 Å². The molecule has 0 aliphatic carbocycles. The molecule has 2 aromatic carbocycles. The van der Waals surface area contributed by atoms with E-state index in [-0.39, 0.29) is 5.91 Å². The number of nitrogens with one attached hydrogen (secondary N) is 1. The van der Waals surface area contributed by atoms with Gasteiger partial charge in [-0.05, 0) is 54.9 Å². The fraction of sp³-hybridized carbons (Fsp3) is 0.333. The smallest absolute Gasteiger partial charge is 0.224 e. The lowest BCUT2D eigenvalue weighted by molar-refractivity contribution is -0.116. The van der Waals surface area contributed by atoms with Gasteiger partial charge in [0, 0.05) is 18.7 Å². The second-order valence-corrected chi connectivity index (χ2v) is 6.02. The van der Waals surface area contributed by atoms with Crippen LogP contribution in [0.15, 0.2) is 48.5 Å². The summed E-state index contributed by atoms with van der Waals surface area (Å²) in [6.07, 6.45) is 1.09. The summed E-state index contributed by atoms with van der Waals surface area (Å²) in [7, 11) is 0. The maximum absolute atomic E-state index is 12.2. The fourth-order valence-electron chi connectivity index (χ4n) is 2.68. The summed E-state index contributed by atoms with van der Waals surface area (Å²) in [4.78, 5) is 14.5. The van der Waals surface area contributed by atoms with Crippen molar-refractivity contribution in [2.45, 2.75) is 33.2 Å². The van der Waals surface area contributed by atoms with Crippen LogP contribution in [-0.2, 0) is 17.8 Å². The maximum atomic E-state index is 12.2. The van der Waals surface area contributed by atoms with E-state index in [9.17, 15) is 4.79 Å². The second kappa shape index (κ2) is 9.61. The Morgan fingerprint density at radius 2 is 1.80 bits per heavy atom. The molecule has 0 spiro atoms. The standard InChI is InChI=1S/C21H25N3O/c1-3-24(4-2)16-19-6-5-7-20(14-19)23-21(25)13-12-17-8-10-18(15-22)11-9-17/h5-11,14H,3-4,12-13,16H2,1-2H3,(H,23,25). The van der Waals surface area contributed by atoms with Gasteiger partial charge in [-0.15, -0.1) is 0 Å². The van der Waals surface area contributed by atoms with E-state index in [1.807, 2.05) is 30.3 Å². The third-order valence-corrected chi connectivity index (χ3v) is 4.24. The van der Waals surface area contributed by atoms with Crippen LogP contribution >= 0.6 is 0 Å². The number of carbonyl (C=O) groups is 1. The Hall–Kier alpha value is -2.64. The topological polar surface area (TPSA) is 56.1 Å². The number of carbonyl (C=O) groups excluding carboxylic acids is 1. The summed E-state index contributed by atoms with van der Waals surface area (Å²) in [5, 5.41) is 11.8. The molecule has 0 aliphatic heterocycles. The van der Waals surface area contributed by atoms with Crippen LogP contribution in [0.2, 0.25) is 0 Å². The van der Waals surface area contributed by atoms with E-state index in [2.05, 4.69) is 36.2 Å². The molecule has 0 aliphatic rings. The summed E-state index contributed by atoms with van der Waals surface area (Å²) in [5.41, 5.74) is 3.74. The lowest BCUT2D eigenvalue weighted by Crippen LogP contribution is -2.22. The molecule has 0 saturated carbocycles. The predicted molar refractivity (Wildman–Crippen MR) is 101 cm³/mol. The Labute approximate surface area is 150 Å². The molecule has 0 fully saturated rings. The van der Waals surface area contributed by atoms with Crippen LogP contribution in [0.5, 0.6) is 0 Å². The van der Waals surface area contributed by atoms with E-state index < -0.39 is 0 Å². The summed E-state index contributed by atoms with van der Waals surface area (Å²) in [6, 6.07) is 17.5. The van der Waals surface area contributed by atoms with Gasteiger partial charge in [0.15, 0.2) is 0 Å². The maximum Gasteiger partial charge on any atom is 0.224 e. The molecule has 4 nitrogen and oxygen atoms in total. The van der Waals surface area contributed by atoms with E-state index >= 15 is 0 Å². The molecule has 0 atom stereocenters. The van der Waals surface area contributed by atoms with Crippen molar-refractivity contribution in [3.05, 3.63) is 65.2 Å². The molecular weight excluding hydrogens is 310 g/mol. The molecule has 0 bridgehead atoms. The Morgan fingerprint density at radius 1 is 1.08 bits per heavy atom. The second-order valence-electron chi connectivity index (χ2n) is 6.02. The van der Waals surface area contributed by atoms with E-state index in [1.54, 1.807) is 12.1 Å². The first kappa shape index (κ1) is 18.7. The molecule has 0 unspecified atom stereocenters. The molecule has 2 aromatic rings. The minimum absolute atomic E-state index is 0.00403. The zero-order valence-corrected chi connectivity index (χ0v) is 15.0. The van der Waals surface area contributed by atoms with Crippen molar-refractivity contribution in [1.29, 1.82) is 5.26 Å². The molecule has 0 aromatic heterocycles. The highest BCUT2D eigenvalue weighted by molar-refractivity contribution is 5.90. The number of benzene rings is 2. The Kier molecular flexibility index (Phi) is 7.18. The summed E-state index contributed by atoms with van der Waals surface area (Å²) in [6.45, 7) is 7.22. The van der Waals surface area contributed by atoms with Crippen molar-refractivity contribution in [2.75, 3.05) is 18.4 Å². The summed E-state index contributed by atoms with van der Waals surface area (Å²) in [5.74, 6) is 0.00403. The predicted octanol–water partition coefficient (Wildman–Crippen LogP) is 3.97. The van der Waals surface area contributed by atoms with Gasteiger partial charge in [-0.25, -0.2) is 0 Å². The highest BCUT2D eigenvalue weighted by atomic mass is 16.1. The molecule has 130 valence electrons. The van der Waals surface area contributed by atoms with Crippen molar-refractivity contribution in [1.82, 2.24) is 4.90 Å². The van der Waals surface area contributed by atoms with Gasteiger partial charge in [0.05, 0.1) is 11.6 Å². The molecule has 1 N–H and O–H groups in total. The van der Waals surface area contributed by atoms with Crippen LogP contribution < -0.4 is 5.32 Å². The molecule has 0 saturated heterocycles. The number of nitrogens with zero attached hydrogens (tertiary/aromatic N) is 2. The lowest BCUT2D eigenvalue weighted by Gasteiger charge is -2.18. The number of amides is 1. The molecule has 2 rings (SSSR count). The Morgan fingerprint density at radius 3 is 2.44 bits per heavy atom. The summed E-state index contributed by atoms with van der Waals surface area (Å²) >= 11 is 0. The number of rotatable bonds is 8. The monoisotopic (exact) mass is 335 g/mol. The quantitative estimate of drug-likeness (QED) is 0.794. The van der Waals surface area contributed by atoms with Crippen molar-refractivity contribution in [3.8, 4) is 6.07 Å². The molecule has 1 amide bonds. The van der Waals surface area contributed by atoms with Crippen molar-refractivity contribution >= 4 is 11.6 Å². The van der Waals surface area contributed by atoms with Gasteiger partial charge in [0.2, 0.25) is 5.91 Å². The average molecular weight is 335 g/mol. The van der Waals surface area contributed by atoms with Crippen molar-refractivity contribution in [2.24, 2.45) is 0 Å². The third kappa shape index (κ3) is 6.06. The lowest BCUT2D eigenvalue weighted by atomic mass is 10.1. The minimum Gasteiger partial charge on any atom is -0.326 e. The van der Waals surface area contributed by atoms with Gasteiger partial charge < -0.3 is 5.32 Å². The van der Waals surface area contributed by atoms with Crippen LogP contribution in [0.4, 0.5) is 5.69 Å². The van der Waals surface area contributed by atoms with E-state index in [1.165, 1.54) is 5.56 Å². The molecular formula is C21H25N3O. The van der Waals surface area contributed by atoms with Crippen LogP contribution in [-0.4, -0.2) is 23.9 Å². The van der Waals surface area contributed by atoms with Crippen LogP contribution in [0.1, 0.15) is 37.0 Å². The van der Waals surface area contributed by atoms with E-state index in [0.29, 0.717) is 18.4 Å². The highest BCUT2D eigenvalue weighted by Gasteiger charge is 2.06. The summed E-state index contributed by atoms with van der Waals surface area (Å²) < 4.78 is 0. The van der Waals surface area contributed by atoms with Crippen molar-refractivity contribution in [3.63, 3.8) is 0 Å². The van der Waals surface area contributed by atoms with Crippen molar-refractivity contribution < 1.29 is 4.79 Å². The first-order valence-electron chi connectivity index (χ1n) is 8.74. The fourth-order valence-corrected chi connectivity index (χ4v) is 2.68. The number of nitriles is 1. The van der Waals surface area contributed by atoms with Gasteiger partial charge in [-0.1, -0.05) is 38.1 Å². The van der Waals surface area contributed by atoms with Crippen LogP contribution in [0.25, 0.3) is 0 Å². The van der Waals surface area contributed by atoms with Gasteiger partial charge in [-0.2, -0.15) is 5.26 Å². The zero-order chi connectivity index (χ0) is 18.1. The number of anilines is 1. The first-order valence-corrected chi connectivity index (χ1v) is 8.74. The molecule has 0 radical (unpaired) electrons. The Balaban J connectivity index is 1.88. The van der Waals surface area contributed by atoms with E-state index in [4.69, 9.17) is 5.26 Å². The first-order chi connectivity index (χ1) is 12.1. The Bertz CT molecular complexity index is 728. The van der Waals surface area contributed by atoms with Gasteiger partial charge in [0.1, 0.15) is 0 Å². The number of hydrogen-bond donors (Lipinski definition) is 1. The molecule has 4 heteroatoms. The normalized spacial score (nSPS) is 10.5. The molecule has 25 heavy (non-hydrogen) atoms. The van der Waals surface area contributed by atoms with Gasteiger partial charge >= 0.3 is 0 Å². The minimum atomic E-state index is 0.00403. The highest BCUT2D eigenvalue weighted by Crippen LogP contribution is 2.14. The SMILES string of the molecule is CCN(CC)Cc1cccc(NC(=O)CCc2ccc(C#N)cc2)c1. The van der Waals surface area contributed by atoms with Gasteiger partial charge in [-0.3, -0.25) is 9.69 Å².